The number of benzene rings is 2. The van der Waals surface area contributed by atoms with Crippen LogP contribution in [0, 0.1) is 10.1 Å². The molecule has 7 nitrogen and oxygen atoms in total. The van der Waals surface area contributed by atoms with E-state index in [1.807, 2.05) is 0 Å². The Bertz CT molecular complexity index is 754. The van der Waals surface area contributed by atoms with E-state index in [2.05, 4.69) is 10.5 Å². The van der Waals surface area contributed by atoms with Crippen LogP contribution in [0.2, 0.25) is 0 Å². The molecule has 0 radical (unpaired) electrons. The summed E-state index contributed by atoms with van der Waals surface area (Å²) in [5, 5.41) is 14.6. The number of non-ortho nitro benzene ring substituents is 1. The highest BCUT2D eigenvalue weighted by Gasteiger charge is 2.11. The molecule has 0 saturated heterocycles. The lowest BCUT2D eigenvalue weighted by Crippen LogP contribution is -2.20. The number of hydrogen-bond acceptors (Lipinski definition) is 5. The number of amides is 1. The summed E-state index contributed by atoms with van der Waals surface area (Å²) in [5.41, 5.74) is 4.02. The number of carbonyl (C=O) groups is 1. The number of hydrazone groups is 1. The minimum atomic E-state index is -0.473. The number of carbonyl (C=O) groups excluding carboxylic acids is 1. The fraction of sp³-hybridized carbons (Fsp3) is 0.125. The van der Waals surface area contributed by atoms with Crippen LogP contribution in [0.4, 0.5) is 5.69 Å². The first-order valence-corrected chi connectivity index (χ1v) is 6.75. The van der Waals surface area contributed by atoms with Gasteiger partial charge in [0.15, 0.2) is 0 Å². The Balaban J connectivity index is 2.12. The summed E-state index contributed by atoms with van der Waals surface area (Å²) in [6.45, 7) is 1.70. The SMILES string of the molecule is COc1ccccc1C(=O)N/N=C(/C)c1ccc([N+](=O)[O-])cc1. The van der Waals surface area contributed by atoms with Gasteiger partial charge in [-0.05, 0) is 36.8 Å². The van der Waals surface area contributed by atoms with Gasteiger partial charge in [-0.2, -0.15) is 5.10 Å². The van der Waals surface area contributed by atoms with Crippen molar-refractivity contribution in [3.63, 3.8) is 0 Å². The molecule has 0 fully saturated rings. The Labute approximate surface area is 132 Å². The van der Waals surface area contributed by atoms with Gasteiger partial charge in [-0.3, -0.25) is 14.9 Å². The molecule has 0 bridgehead atoms. The third kappa shape index (κ3) is 3.91. The molecule has 2 aromatic carbocycles. The number of rotatable bonds is 5. The molecular formula is C16H15N3O4. The van der Waals surface area contributed by atoms with E-state index in [-0.39, 0.29) is 5.69 Å². The molecular weight excluding hydrogens is 298 g/mol. The van der Waals surface area contributed by atoms with Crippen molar-refractivity contribution in [3.05, 3.63) is 69.8 Å². The van der Waals surface area contributed by atoms with Crippen LogP contribution >= 0.6 is 0 Å². The first kappa shape index (κ1) is 16.2. The van der Waals surface area contributed by atoms with Gasteiger partial charge in [-0.25, -0.2) is 5.43 Å². The summed E-state index contributed by atoms with van der Waals surface area (Å²) in [4.78, 5) is 22.3. The van der Waals surface area contributed by atoms with Crippen LogP contribution in [0.15, 0.2) is 53.6 Å². The normalized spacial score (nSPS) is 11.0. The zero-order valence-electron chi connectivity index (χ0n) is 12.6. The molecule has 0 spiro atoms. The Hall–Kier alpha value is -3.22. The van der Waals surface area contributed by atoms with Crippen molar-refractivity contribution in [1.82, 2.24) is 5.43 Å². The molecule has 0 aliphatic heterocycles. The number of hydrogen-bond donors (Lipinski definition) is 1. The van der Waals surface area contributed by atoms with Crippen LogP contribution in [-0.2, 0) is 0 Å². The lowest BCUT2D eigenvalue weighted by Gasteiger charge is -2.07. The second-order valence-electron chi connectivity index (χ2n) is 4.64. The van der Waals surface area contributed by atoms with Gasteiger partial charge in [-0.1, -0.05) is 12.1 Å². The van der Waals surface area contributed by atoms with Crippen LogP contribution in [-0.4, -0.2) is 23.7 Å². The molecule has 1 N–H and O–H groups in total. The largest absolute Gasteiger partial charge is 0.496 e. The molecule has 0 heterocycles. The number of nitrogens with one attached hydrogen (secondary N) is 1. The van der Waals surface area contributed by atoms with Crippen molar-refractivity contribution < 1.29 is 14.5 Å². The third-order valence-corrected chi connectivity index (χ3v) is 3.17. The van der Waals surface area contributed by atoms with Gasteiger partial charge in [0.1, 0.15) is 5.75 Å². The van der Waals surface area contributed by atoms with E-state index in [1.165, 1.54) is 19.2 Å². The quantitative estimate of drug-likeness (QED) is 0.521. The maximum atomic E-state index is 12.1. The van der Waals surface area contributed by atoms with E-state index in [0.29, 0.717) is 22.6 Å². The van der Waals surface area contributed by atoms with Gasteiger partial charge >= 0.3 is 0 Å². The minimum absolute atomic E-state index is 0.000363. The van der Waals surface area contributed by atoms with E-state index in [9.17, 15) is 14.9 Å². The Morgan fingerprint density at radius 3 is 2.43 bits per heavy atom. The van der Waals surface area contributed by atoms with E-state index in [0.717, 1.165) is 0 Å². The molecule has 7 heteroatoms. The molecule has 2 aromatic rings. The van der Waals surface area contributed by atoms with Crippen molar-refractivity contribution in [3.8, 4) is 5.75 Å². The maximum absolute atomic E-state index is 12.1. The highest BCUT2D eigenvalue weighted by Crippen LogP contribution is 2.17. The van der Waals surface area contributed by atoms with Gasteiger partial charge in [0, 0.05) is 12.1 Å². The lowest BCUT2D eigenvalue weighted by molar-refractivity contribution is -0.384. The average Bonchev–Trinajstić information content (AvgIpc) is 2.59. The van der Waals surface area contributed by atoms with Crippen LogP contribution in [0.25, 0.3) is 0 Å². The van der Waals surface area contributed by atoms with Gasteiger partial charge < -0.3 is 4.74 Å². The van der Waals surface area contributed by atoms with Crippen LogP contribution in [0.1, 0.15) is 22.8 Å². The fourth-order valence-electron chi connectivity index (χ4n) is 1.92. The van der Waals surface area contributed by atoms with E-state index >= 15 is 0 Å². The second-order valence-corrected chi connectivity index (χ2v) is 4.64. The molecule has 0 aliphatic carbocycles. The first-order chi connectivity index (χ1) is 11.0. The Morgan fingerprint density at radius 2 is 1.83 bits per heavy atom. The zero-order chi connectivity index (χ0) is 16.8. The van der Waals surface area contributed by atoms with Crippen LogP contribution in [0.3, 0.4) is 0 Å². The van der Waals surface area contributed by atoms with Crippen molar-refractivity contribution in [2.75, 3.05) is 7.11 Å². The van der Waals surface area contributed by atoms with E-state index in [4.69, 9.17) is 4.74 Å². The molecule has 0 aliphatic rings. The molecule has 23 heavy (non-hydrogen) atoms. The summed E-state index contributed by atoms with van der Waals surface area (Å²) < 4.78 is 5.12. The molecule has 2 rings (SSSR count). The predicted molar refractivity (Wildman–Crippen MR) is 85.8 cm³/mol. The Morgan fingerprint density at radius 1 is 1.17 bits per heavy atom. The van der Waals surface area contributed by atoms with Gasteiger partial charge in [0.25, 0.3) is 11.6 Å². The summed E-state index contributed by atoms with van der Waals surface area (Å²) >= 11 is 0. The second kappa shape index (κ2) is 7.17. The van der Waals surface area contributed by atoms with Crippen LogP contribution < -0.4 is 10.2 Å². The monoisotopic (exact) mass is 313 g/mol. The smallest absolute Gasteiger partial charge is 0.275 e. The van der Waals surface area contributed by atoms with Crippen LogP contribution in [0.5, 0.6) is 5.75 Å². The highest BCUT2D eigenvalue weighted by atomic mass is 16.6. The molecule has 0 saturated carbocycles. The fourth-order valence-corrected chi connectivity index (χ4v) is 1.92. The number of nitrogens with zero attached hydrogens (tertiary/aromatic N) is 2. The summed E-state index contributed by atoms with van der Waals surface area (Å²) in [5.74, 6) is 0.0527. The number of methoxy groups -OCH3 is 1. The average molecular weight is 313 g/mol. The number of ether oxygens (including phenoxy) is 1. The number of nitro groups is 1. The van der Waals surface area contributed by atoms with Gasteiger partial charge in [0.05, 0.1) is 23.3 Å². The van der Waals surface area contributed by atoms with Gasteiger partial charge in [-0.15, -0.1) is 0 Å². The molecule has 0 unspecified atom stereocenters. The minimum Gasteiger partial charge on any atom is -0.496 e. The lowest BCUT2D eigenvalue weighted by atomic mass is 10.1. The van der Waals surface area contributed by atoms with Crippen molar-refractivity contribution in [2.24, 2.45) is 5.10 Å². The first-order valence-electron chi connectivity index (χ1n) is 6.75. The summed E-state index contributed by atoms with van der Waals surface area (Å²) in [6.07, 6.45) is 0. The third-order valence-electron chi connectivity index (χ3n) is 3.17. The standard InChI is InChI=1S/C16H15N3O4/c1-11(12-7-9-13(10-8-12)19(21)22)17-18-16(20)14-5-3-4-6-15(14)23-2/h3-10H,1-2H3,(H,18,20)/b17-11-. The number of para-hydroxylation sites is 1. The predicted octanol–water partition coefficient (Wildman–Crippen LogP) is 2.76. The van der Waals surface area contributed by atoms with Crippen molar-refractivity contribution in [2.45, 2.75) is 6.92 Å². The number of nitro benzene ring substituents is 1. The van der Waals surface area contributed by atoms with E-state index in [1.54, 1.807) is 43.3 Å². The maximum Gasteiger partial charge on any atom is 0.275 e. The molecule has 1 amide bonds. The van der Waals surface area contributed by atoms with Crippen molar-refractivity contribution >= 4 is 17.3 Å². The van der Waals surface area contributed by atoms with Crippen molar-refractivity contribution in [1.29, 1.82) is 0 Å². The highest BCUT2D eigenvalue weighted by molar-refractivity contribution is 6.01. The van der Waals surface area contributed by atoms with Gasteiger partial charge in [0.2, 0.25) is 0 Å². The summed E-state index contributed by atoms with van der Waals surface area (Å²) in [6, 6.07) is 12.7. The zero-order valence-corrected chi connectivity index (χ0v) is 12.6. The molecule has 0 aromatic heterocycles. The molecule has 118 valence electrons. The Kier molecular flexibility index (Phi) is 5.03. The van der Waals surface area contributed by atoms with E-state index < -0.39 is 10.8 Å². The molecule has 0 atom stereocenters. The summed E-state index contributed by atoms with van der Waals surface area (Å²) in [7, 11) is 1.48. The topological polar surface area (TPSA) is 93.8 Å².